The summed E-state index contributed by atoms with van der Waals surface area (Å²) in [5, 5.41) is 8.87. The van der Waals surface area contributed by atoms with Crippen molar-refractivity contribution < 1.29 is 8.42 Å². The van der Waals surface area contributed by atoms with Crippen molar-refractivity contribution in [1.82, 2.24) is 14.3 Å². The van der Waals surface area contributed by atoms with Crippen LogP contribution in [0.5, 0.6) is 0 Å². The van der Waals surface area contributed by atoms with Crippen molar-refractivity contribution in [2.75, 3.05) is 0 Å². The Balaban J connectivity index is 2.21. The van der Waals surface area contributed by atoms with Crippen LogP contribution in [-0.2, 0) is 17.1 Å². The highest BCUT2D eigenvalue weighted by Gasteiger charge is 2.35. The van der Waals surface area contributed by atoms with Crippen LogP contribution in [-0.4, -0.2) is 24.0 Å². The average molecular weight is 254 g/mol. The van der Waals surface area contributed by atoms with Crippen molar-refractivity contribution >= 4 is 10.0 Å². The highest BCUT2D eigenvalue weighted by molar-refractivity contribution is 7.89. The molecule has 0 bridgehead atoms. The largest absolute Gasteiger partial charge is 0.337 e. The fourth-order valence-corrected chi connectivity index (χ4v) is 2.79. The molecular formula is C10H14N4O2S. The molecule has 7 heteroatoms. The first-order valence-electron chi connectivity index (χ1n) is 5.36. The first-order valence-corrected chi connectivity index (χ1v) is 6.84. The Morgan fingerprint density at radius 2 is 2.29 bits per heavy atom. The number of hydrogen-bond donors (Lipinski definition) is 1. The third-order valence-corrected chi connectivity index (χ3v) is 4.19. The van der Waals surface area contributed by atoms with Crippen molar-refractivity contribution in [3.63, 3.8) is 0 Å². The molecule has 1 aromatic rings. The van der Waals surface area contributed by atoms with Crippen LogP contribution in [0.2, 0.25) is 0 Å². The third-order valence-electron chi connectivity index (χ3n) is 2.88. The number of nitrogens with one attached hydrogen (secondary N) is 1. The Bertz CT molecular complexity index is 546. The molecule has 1 fully saturated rings. The lowest BCUT2D eigenvalue weighted by Gasteiger charge is -2.08. The van der Waals surface area contributed by atoms with Gasteiger partial charge in [0.25, 0.3) is 10.0 Å². The number of rotatable bonds is 4. The molecule has 1 unspecified atom stereocenters. The monoisotopic (exact) mass is 254 g/mol. The number of imidazole rings is 1. The molecule has 0 radical (unpaired) electrons. The van der Waals surface area contributed by atoms with Gasteiger partial charge in [0.2, 0.25) is 0 Å². The van der Waals surface area contributed by atoms with Crippen molar-refractivity contribution in [2.24, 2.45) is 13.0 Å². The quantitative estimate of drug-likeness (QED) is 0.837. The van der Waals surface area contributed by atoms with Crippen LogP contribution in [0.3, 0.4) is 0 Å². The average Bonchev–Trinajstić information content (AvgIpc) is 3.03. The Morgan fingerprint density at radius 3 is 2.71 bits per heavy atom. The van der Waals surface area contributed by atoms with E-state index >= 15 is 0 Å². The zero-order valence-corrected chi connectivity index (χ0v) is 10.5. The molecule has 1 N–H and O–H groups in total. The number of hydrogen-bond acceptors (Lipinski definition) is 4. The summed E-state index contributed by atoms with van der Waals surface area (Å²) in [6.07, 6.45) is 3.25. The molecule has 1 saturated carbocycles. The molecule has 6 nitrogen and oxygen atoms in total. The molecule has 0 aliphatic heterocycles. The minimum atomic E-state index is -3.68. The van der Waals surface area contributed by atoms with E-state index in [0.717, 1.165) is 12.8 Å². The third kappa shape index (κ3) is 2.48. The molecule has 1 aliphatic rings. The summed E-state index contributed by atoms with van der Waals surface area (Å²) in [7, 11) is -1.96. The highest BCUT2D eigenvalue weighted by atomic mass is 32.2. The predicted octanol–water partition coefficient (Wildman–Crippen LogP) is 0.309. The maximum atomic E-state index is 12.0. The predicted molar refractivity (Wildman–Crippen MR) is 60.4 cm³/mol. The van der Waals surface area contributed by atoms with E-state index in [9.17, 15) is 8.42 Å². The summed E-state index contributed by atoms with van der Waals surface area (Å²) in [6, 6.07) is 1.35. The molecule has 1 aliphatic carbocycles. The van der Waals surface area contributed by atoms with E-state index in [1.165, 1.54) is 6.20 Å². The fourth-order valence-electron chi connectivity index (χ4n) is 1.54. The van der Waals surface area contributed by atoms with Gasteiger partial charge in [-0.1, -0.05) is 0 Å². The second-order valence-corrected chi connectivity index (χ2v) is 5.96. The molecule has 1 heterocycles. The molecule has 0 aromatic carbocycles. The standard InChI is InChI=1S/C10H14N4O2S/c1-7-12-10(6-14(7)2)17(15,16)13-9(5-11)8-3-4-8/h6,8-9,13H,3-4H2,1-2H3. The van der Waals surface area contributed by atoms with E-state index in [1.54, 1.807) is 18.5 Å². The molecule has 0 amide bonds. The number of aryl methyl sites for hydroxylation is 2. The lowest BCUT2D eigenvalue weighted by Crippen LogP contribution is -2.35. The summed E-state index contributed by atoms with van der Waals surface area (Å²) >= 11 is 0. The van der Waals surface area contributed by atoms with Crippen LogP contribution < -0.4 is 4.72 Å². The molecule has 92 valence electrons. The number of nitriles is 1. The van der Waals surface area contributed by atoms with Gasteiger partial charge in [-0.25, -0.2) is 13.4 Å². The lowest BCUT2D eigenvalue weighted by atomic mass is 10.2. The Hall–Kier alpha value is -1.39. The Morgan fingerprint density at radius 1 is 1.65 bits per heavy atom. The number of nitrogens with zero attached hydrogens (tertiary/aromatic N) is 3. The topological polar surface area (TPSA) is 87.8 Å². The molecule has 0 saturated heterocycles. The van der Waals surface area contributed by atoms with Crippen LogP contribution in [0.1, 0.15) is 18.7 Å². The van der Waals surface area contributed by atoms with E-state index in [1.807, 2.05) is 6.07 Å². The van der Waals surface area contributed by atoms with Crippen molar-refractivity contribution in [1.29, 1.82) is 5.26 Å². The van der Waals surface area contributed by atoms with E-state index in [0.29, 0.717) is 5.82 Å². The second-order valence-electron chi connectivity index (χ2n) is 4.30. The van der Waals surface area contributed by atoms with Crippen molar-refractivity contribution in [3.05, 3.63) is 12.0 Å². The minimum Gasteiger partial charge on any atom is -0.337 e. The van der Waals surface area contributed by atoms with Crippen LogP contribution in [0, 0.1) is 24.2 Å². The van der Waals surface area contributed by atoms with Crippen LogP contribution in [0.4, 0.5) is 0 Å². The minimum absolute atomic E-state index is 0.0293. The van der Waals surface area contributed by atoms with Gasteiger partial charge in [-0.2, -0.15) is 9.98 Å². The summed E-state index contributed by atoms with van der Waals surface area (Å²) in [5.74, 6) is 0.768. The van der Waals surface area contributed by atoms with Gasteiger partial charge < -0.3 is 4.57 Å². The lowest BCUT2D eigenvalue weighted by molar-refractivity contribution is 0.557. The van der Waals surface area contributed by atoms with E-state index in [-0.39, 0.29) is 10.9 Å². The second kappa shape index (κ2) is 4.13. The van der Waals surface area contributed by atoms with E-state index in [4.69, 9.17) is 5.26 Å². The van der Waals surface area contributed by atoms with Crippen molar-refractivity contribution in [2.45, 2.75) is 30.8 Å². The zero-order chi connectivity index (χ0) is 12.6. The van der Waals surface area contributed by atoms with E-state index < -0.39 is 16.1 Å². The maximum Gasteiger partial charge on any atom is 0.260 e. The van der Waals surface area contributed by atoms with Crippen LogP contribution in [0.15, 0.2) is 11.2 Å². The maximum absolute atomic E-state index is 12.0. The van der Waals surface area contributed by atoms with Crippen LogP contribution >= 0.6 is 0 Å². The first kappa shape index (κ1) is 12.1. The summed E-state index contributed by atoms with van der Waals surface area (Å²) in [6.45, 7) is 1.72. The SMILES string of the molecule is Cc1nc(S(=O)(=O)NC(C#N)C2CC2)cn1C. The van der Waals surface area contributed by atoms with Gasteiger partial charge in [0, 0.05) is 13.2 Å². The molecule has 0 spiro atoms. The number of sulfonamides is 1. The van der Waals surface area contributed by atoms with E-state index in [2.05, 4.69) is 9.71 Å². The molecular weight excluding hydrogens is 240 g/mol. The Kier molecular flexibility index (Phi) is 2.93. The molecule has 1 aromatic heterocycles. The molecule has 1 atom stereocenters. The van der Waals surface area contributed by atoms with Gasteiger partial charge >= 0.3 is 0 Å². The van der Waals surface area contributed by atoms with Gasteiger partial charge in [-0.15, -0.1) is 0 Å². The van der Waals surface area contributed by atoms with Gasteiger partial charge in [0.1, 0.15) is 11.9 Å². The smallest absolute Gasteiger partial charge is 0.260 e. The van der Waals surface area contributed by atoms with Gasteiger partial charge in [-0.05, 0) is 25.7 Å². The highest BCUT2D eigenvalue weighted by Crippen LogP contribution is 2.32. The van der Waals surface area contributed by atoms with Gasteiger partial charge in [0.05, 0.1) is 6.07 Å². The Labute approximate surface area is 100 Å². The van der Waals surface area contributed by atoms with Crippen LogP contribution in [0.25, 0.3) is 0 Å². The van der Waals surface area contributed by atoms with Gasteiger partial charge in [0.15, 0.2) is 5.03 Å². The summed E-state index contributed by atoms with van der Waals surface area (Å²) in [4.78, 5) is 3.95. The first-order chi connectivity index (χ1) is 7.94. The van der Waals surface area contributed by atoms with Crippen molar-refractivity contribution in [3.8, 4) is 6.07 Å². The number of aromatic nitrogens is 2. The fraction of sp³-hybridized carbons (Fsp3) is 0.600. The summed E-state index contributed by atoms with van der Waals surface area (Å²) < 4.78 is 28.0. The zero-order valence-electron chi connectivity index (χ0n) is 9.71. The molecule has 17 heavy (non-hydrogen) atoms. The molecule has 2 rings (SSSR count). The van der Waals surface area contributed by atoms with Gasteiger partial charge in [-0.3, -0.25) is 0 Å². The normalized spacial score (nSPS) is 17.7. The summed E-state index contributed by atoms with van der Waals surface area (Å²) in [5.41, 5.74) is 0.